The van der Waals surface area contributed by atoms with Crippen LogP contribution in [-0.4, -0.2) is 18.2 Å². The lowest BCUT2D eigenvalue weighted by Crippen LogP contribution is -2.05. The van der Waals surface area contributed by atoms with Crippen LogP contribution in [0.25, 0.3) is 5.57 Å². The molecule has 3 heteroatoms. The lowest BCUT2D eigenvalue weighted by molar-refractivity contribution is -0.136. The van der Waals surface area contributed by atoms with Gasteiger partial charge in [-0.25, -0.2) is 0 Å². The highest BCUT2D eigenvalue weighted by Gasteiger charge is 2.16. The fourth-order valence-electron chi connectivity index (χ4n) is 2.50. The Morgan fingerprint density at radius 1 is 1.33 bits per heavy atom. The van der Waals surface area contributed by atoms with E-state index in [0.29, 0.717) is 0 Å². The number of ether oxygens (including phenoxy) is 1. The SMILES string of the molecule is COc1cccc(C2=C(CC(=O)O)CCCC2)c1. The number of hydrogen-bond acceptors (Lipinski definition) is 2. The summed E-state index contributed by atoms with van der Waals surface area (Å²) in [4.78, 5) is 10.9. The van der Waals surface area contributed by atoms with Gasteiger partial charge in [0.1, 0.15) is 5.75 Å². The zero-order chi connectivity index (χ0) is 13.0. The Kier molecular flexibility index (Phi) is 4.03. The summed E-state index contributed by atoms with van der Waals surface area (Å²) in [7, 11) is 1.65. The molecule has 0 saturated carbocycles. The van der Waals surface area contributed by atoms with Gasteiger partial charge in [-0.05, 0) is 49.0 Å². The first-order chi connectivity index (χ1) is 8.70. The Hall–Kier alpha value is -1.77. The molecule has 1 aliphatic carbocycles. The van der Waals surface area contributed by atoms with Crippen molar-refractivity contribution in [1.29, 1.82) is 0 Å². The monoisotopic (exact) mass is 246 g/mol. The zero-order valence-corrected chi connectivity index (χ0v) is 10.6. The van der Waals surface area contributed by atoms with Crippen molar-refractivity contribution in [3.63, 3.8) is 0 Å². The molecule has 1 aromatic rings. The van der Waals surface area contributed by atoms with Crippen LogP contribution in [0.15, 0.2) is 29.8 Å². The van der Waals surface area contributed by atoms with Crippen molar-refractivity contribution >= 4 is 11.5 Å². The quantitative estimate of drug-likeness (QED) is 0.884. The minimum atomic E-state index is -0.743. The molecule has 18 heavy (non-hydrogen) atoms. The Bertz CT molecular complexity index is 474. The van der Waals surface area contributed by atoms with E-state index in [-0.39, 0.29) is 6.42 Å². The van der Waals surface area contributed by atoms with E-state index >= 15 is 0 Å². The van der Waals surface area contributed by atoms with E-state index in [1.165, 1.54) is 5.57 Å². The predicted octanol–water partition coefficient (Wildman–Crippen LogP) is 3.50. The Labute approximate surface area is 107 Å². The molecule has 0 heterocycles. The highest BCUT2D eigenvalue weighted by Crippen LogP contribution is 2.35. The lowest BCUT2D eigenvalue weighted by Gasteiger charge is -2.20. The number of allylic oxidation sites excluding steroid dienone is 1. The van der Waals surface area contributed by atoms with Crippen molar-refractivity contribution in [3.8, 4) is 5.75 Å². The summed E-state index contributed by atoms with van der Waals surface area (Å²) < 4.78 is 5.22. The molecule has 1 aliphatic rings. The van der Waals surface area contributed by atoms with Crippen molar-refractivity contribution in [2.24, 2.45) is 0 Å². The first-order valence-corrected chi connectivity index (χ1v) is 6.28. The fourth-order valence-corrected chi connectivity index (χ4v) is 2.50. The van der Waals surface area contributed by atoms with Gasteiger partial charge in [0.05, 0.1) is 13.5 Å². The second-order valence-electron chi connectivity index (χ2n) is 4.59. The first-order valence-electron chi connectivity index (χ1n) is 6.28. The highest BCUT2D eigenvalue weighted by atomic mass is 16.5. The van der Waals surface area contributed by atoms with E-state index < -0.39 is 5.97 Å². The molecule has 0 radical (unpaired) electrons. The molecule has 0 bridgehead atoms. The van der Waals surface area contributed by atoms with Crippen LogP contribution in [0.2, 0.25) is 0 Å². The van der Waals surface area contributed by atoms with Gasteiger partial charge < -0.3 is 9.84 Å². The Morgan fingerprint density at radius 3 is 2.83 bits per heavy atom. The summed E-state index contributed by atoms with van der Waals surface area (Å²) in [6, 6.07) is 7.88. The molecule has 2 rings (SSSR count). The molecule has 0 unspecified atom stereocenters. The van der Waals surface area contributed by atoms with Crippen LogP contribution in [0.5, 0.6) is 5.75 Å². The van der Waals surface area contributed by atoms with Crippen LogP contribution in [0, 0.1) is 0 Å². The van der Waals surface area contributed by atoms with Crippen molar-refractivity contribution in [1.82, 2.24) is 0 Å². The van der Waals surface area contributed by atoms with Gasteiger partial charge in [-0.3, -0.25) is 4.79 Å². The van der Waals surface area contributed by atoms with Crippen LogP contribution in [0.4, 0.5) is 0 Å². The average molecular weight is 246 g/mol. The number of carbonyl (C=O) groups is 1. The third kappa shape index (κ3) is 2.92. The van der Waals surface area contributed by atoms with Crippen molar-refractivity contribution in [2.75, 3.05) is 7.11 Å². The van der Waals surface area contributed by atoms with Crippen LogP contribution in [0.1, 0.15) is 37.7 Å². The summed E-state index contributed by atoms with van der Waals surface area (Å²) in [5, 5.41) is 8.97. The van der Waals surface area contributed by atoms with Crippen LogP contribution < -0.4 is 4.74 Å². The maximum absolute atomic E-state index is 10.9. The summed E-state index contributed by atoms with van der Waals surface area (Å²) in [6.07, 6.45) is 4.26. The largest absolute Gasteiger partial charge is 0.497 e. The van der Waals surface area contributed by atoms with E-state index in [1.807, 2.05) is 24.3 Å². The fraction of sp³-hybridized carbons (Fsp3) is 0.400. The van der Waals surface area contributed by atoms with E-state index in [0.717, 1.165) is 42.6 Å². The van der Waals surface area contributed by atoms with E-state index in [9.17, 15) is 4.79 Å². The molecule has 0 aliphatic heterocycles. The van der Waals surface area contributed by atoms with Crippen molar-refractivity contribution < 1.29 is 14.6 Å². The second kappa shape index (κ2) is 5.71. The molecule has 0 fully saturated rings. The molecule has 0 saturated heterocycles. The van der Waals surface area contributed by atoms with Gasteiger partial charge in [-0.2, -0.15) is 0 Å². The summed E-state index contributed by atoms with van der Waals surface area (Å²) in [5.41, 5.74) is 3.37. The highest BCUT2D eigenvalue weighted by molar-refractivity contribution is 5.78. The van der Waals surface area contributed by atoms with Gasteiger partial charge in [0, 0.05) is 0 Å². The molecule has 0 atom stereocenters. The minimum absolute atomic E-state index is 0.159. The minimum Gasteiger partial charge on any atom is -0.497 e. The summed E-state index contributed by atoms with van der Waals surface area (Å²) >= 11 is 0. The van der Waals surface area contributed by atoms with Crippen LogP contribution in [0.3, 0.4) is 0 Å². The normalized spacial score (nSPS) is 15.6. The lowest BCUT2D eigenvalue weighted by atomic mass is 9.86. The van der Waals surface area contributed by atoms with Crippen molar-refractivity contribution in [3.05, 3.63) is 35.4 Å². The van der Waals surface area contributed by atoms with Gasteiger partial charge in [0.25, 0.3) is 0 Å². The van der Waals surface area contributed by atoms with Gasteiger partial charge in [-0.15, -0.1) is 0 Å². The third-order valence-electron chi connectivity index (χ3n) is 3.36. The Morgan fingerprint density at radius 2 is 2.11 bits per heavy atom. The topological polar surface area (TPSA) is 46.5 Å². The predicted molar refractivity (Wildman–Crippen MR) is 70.6 cm³/mol. The van der Waals surface area contributed by atoms with Crippen molar-refractivity contribution in [2.45, 2.75) is 32.1 Å². The van der Waals surface area contributed by atoms with E-state index in [4.69, 9.17) is 9.84 Å². The molecular weight excluding hydrogens is 228 g/mol. The molecule has 96 valence electrons. The van der Waals surface area contributed by atoms with Gasteiger partial charge in [-0.1, -0.05) is 17.7 Å². The maximum atomic E-state index is 10.9. The van der Waals surface area contributed by atoms with Gasteiger partial charge >= 0.3 is 5.97 Å². The maximum Gasteiger partial charge on any atom is 0.307 e. The Balaban J connectivity index is 2.36. The smallest absolute Gasteiger partial charge is 0.307 e. The van der Waals surface area contributed by atoms with Gasteiger partial charge in [0.2, 0.25) is 0 Å². The van der Waals surface area contributed by atoms with Crippen LogP contribution >= 0.6 is 0 Å². The molecule has 0 spiro atoms. The molecule has 0 amide bonds. The second-order valence-corrected chi connectivity index (χ2v) is 4.59. The number of rotatable bonds is 4. The van der Waals surface area contributed by atoms with E-state index in [2.05, 4.69) is 0 Å². The number of aliphatic carboxylic acids is 1. The first kappa shape index (κ1) is 12.7. The zero-order valence-electron chi connectivity index (χ0n) is 10.6. The molecular formula is C15H18O3. The van der Waals surface area contributed by atoms with Crippen LogP contribution in [-0.2, 0) is 4.79 Å². The summed E-state index contributed by atoms with van der Waals surface area (Å²) in [6.45, 7) is 0. The third-order valence-corrected chi connectivity index (χ3v) is 3.36. The van der Waals surface area contributed by atoms with E-state index in [1.54, 1.807) is 7.11 Å². The number of carboxylic acids is 1. The standard InChI is InChI=1S/C15H18O3/c1-18-13-7-4-6-11(9-13)14-8-3-2-5-12(14)10-15(16)17/h4,6-7,9H,2-3,5,8,10H2,1H3,(H,16,17). The number of hydrogen-bond donors (Lipinski definition) is 1. The number of methoxy groups -OCH3 is 1. The van der Waals surface area contributed by atoms with Gasteiger partial charge in [0.15, 0.2) is 0 Å². The molecule has 0 aromatic heterocycles. The number of benzene rings is 1. The summed E-state index contributed by atoms with van der Waals surface area (Å²) in [5.74, 6) is 0.0764. The molecule has 1 N–H and O–H groups in total. The molecule has 3 nitrogen and oxygen atoms in total. The average Bonchev–Trinajstić information content (AvgIpc) is 2.39. The number of carboxylic acid groups (broad SMARTS) is 1. The molecule has 1 aromatic carbocycles.